The van der Waals surface area contributed by atoms with Gasteiger partial charge in [-0.3, -0.25) is 9.36 Å². The van der Waals surface area contributed by atoms with Crippen LogP contribution in [-0.4, -0.2) is 46.5 Å². The Morgan fingerprint density at radius 1 is 1.07 bits per heavy atom. The molecule has 1 aromatic heterocycles. The summed E-state index contributed by atoms with van der Waals surface area (Å²) in [7, 11) is 0. The molecule has 2 heterocycles. The highest BCUT2D eigenvalue weighted by Gasteiger charge is 2.23. The van der Waals surface area contributed by atoms with Crippen molar-refractivity contribution < 1.29 is 4.79 Å². The summed E-state index contributed by atoms with van der Waals surface area (Å²) < 4.78 is 2.05. The highest BCUT2D eigenvalue weighted by atomic mass is 35.5. The monoisotopic (exact) mass is 434 g/mol. The Labute approximate surface area is 184 Å². The van der Waals surface area contributed by atoms with Crippen molar-refractivity contribution in [3.05, 3.63) is 60.4 Å². The van der Waals surface area contributed by atoms with Gasteiger partial charge in [-0.2, -0.15) is 0 Å². The first-order valence-electron chi connectivity index (χ1n) is 9.79. The number of hydrogen-bond donors (Lipinski definition) is 1. The van der Waals surface area contributed by atoms with Crippen LogP contribution in [-0.2, 0) is 0 Å². The first-order chi connectivity index (χ1) is 13.3. The number of nitrogens with zero attached hydrogens (tertiary/aromatic N) is 3. The zero-order chi connectivity index (χ0) is 18.6. The van der Waals surface area contributed by atoms with Gasteiger partial charge in [-0.25, -0.2) is 4.98 Å². The molecular weight excluding hydrogens is 407 g/mol. The SMILES string of the molecule is CCNCC1CCN(C(=O)c2ccc(-n3cnc4ccccc43)cc2)CC1.Cl.Cl. The average Bonchev–Trinajstić information content (AvgIpc) is 3.16. The first kappa shape index (κ1) is 23.2. The molecule has 1 N–H and O–H groups in total. The van der Waals surface area contributed by atoms with E-state index < -0.39 is 0 Å². The van der Waals surface area contributed by atoms with Gasteiger partial charge >= 0.3 is 0 Å². The number of halogens is 2. The predicted molar refractivity (Wildman–Crippen MR) is 123 cm³/mol. The van der Waals surface area contributed by atoms with E-state index in [4.69, 9.17) is 0 Å². The number of carbonyl (C=O) groups is 1. The van der Waals surface area contributed by atoms with E-state index in [0.29, 0.717) is 5.92 Å². The Kier molecular flexibility index (Phi) is 8.50. The molecule has 1 aliphatic rings. The Hall–Kier alpha value is -2.08. The van der Waals surface area contributed by atoms with E-state index in [1.807, 2.05) is 53.7 Å². The summed E-state index contributed by atoms with van der Waals surface area (Å²) in [5.41, 5.74) is 3.82. The number of imidazole rings is 1. The van der Waals surface area contributed by atoms with Crippen LogP contribution < -0.4 is 5.32 Å². The van der Waals surface area contributed by atoms with E-state index in [1.165, 1.54) is 0 Å². The topological polar surface area (TPSA) is 50.2 Å². The molecule has 0 radical (unpaired) electrons. The lowest BCUT2D eigenvalue weighted by molar-refractivity contribution is 0.0690. The van der Waals surface area contributed by atoms with Crippen LogP contribution in [0.5, 0.6) is 0 Å². The van der Waals surface area contributed by atoms with E-state index in [2.05, 4.69) is 27.9 Å². The molecule has 1 aliphatic heterocycles. The van der Waals surface area contributed by atoms with Gasteiger partial charge in [0.25, 0.3) is 5.91 Å². The van der Waals surface area contributed by atoms with Crippen LogP contribution in [0.25, 0.3) is 16.7 Å². The smallest absolute Gasteiger partial charge is 0.253 e. The van der Waals surface area contributed by atoms with E-state index in [1.54, 1.807) is 0 Å². The zero-order valence-corrected chi connectivity index (χ0v) is 18.2. The fourth-order valence-electron chi connectivity index (χ4n) is 3.80. The summed E-state index contributed by atoms with van der Waals surface area (Å²) in [6, 6.07) is 15.9. The number of amides is 1. The minimum Gasteiger partial charge on any atom is -0.339 e. The molecule has 4 rings (SSSR count). The Balaban J connectivity index is 0.00000150. The third-order valence-electron chi connectivity index (χ3n) is 5.43. The third-order valence-corrected chi connectivity index (χ3v) is 5.43. The van der Waals surface area contributed by atoms with Crippen LogP contribution >= 0.6 is 24.8 Å². The normalized spacial score (nSPS) is 14.3. The van der Waals surface area contributed by atoms with Gasteiger partial charge in [-0.15, -0.1) is 24.8 Å². The molecule has 0 bridgehead atoms. The minimum atomic E-state index is 0. The van der Waals surface area contributed by atoms with Gasteiger partial charge in [0.2, 0.25) is 0 Å². The van der Waals surface area contributed by atoms with E-state index in [0.717, 1.165) is 61.3 Å². The number of piperidine rings is 1. The lowest BCUT2D eigenvalue weighted by Gasteiger charge is -2.32. The van der Waals surface area contributed by atoms with Gasteiger partial charge in [-0.05, 0) is 68.2 Å². The Bertz CT molecular complexity index is 918. The molecule has 2 aromatic carbocycles. The van der Waals surface area contributed by atoms with E-state index in [-0.39, 0.29) is 30.7 Å². The molecule has 3 aromatic rings. The fraction of sp³-hybridized carbons (Fsp3) is 0.364. The lowest BCUT2D eigenvalue weighted by Crippen LogP contribution is -2.40. The average molecular weight is 435 g/mol. The minimum absolute atomic E-state index is 0. The van der Waals surface area contributed by atoms with Gasteiger partial charge in [0, 0.05) is 24.3 Å². The predicted octanol–water partition coefficient (Wildman–Crippen LogP) is 4.33. The van der Waals surface area contributed by atoms with Crippen molar-refractivity contribution in [1.29, 1.82) is 0 Å². The number of fused-ring (bicyclic) bond motifs is 1. The number of carbonyl (C=O) groups excluding carboxylic acids is 1. The summed E-state index contributed by atoms with van der Waals surface area (Å²) >= 11 is 0. The number of likely N-dealkylation sites (tertiary alicyclic amines) is 1. The summed E-state index contributed by atoms with van der Waals surface area (Å²) in [4.78, 5) is 19.2. The first-order valence-corrected chi connectivity index (χ1v) is 9.79. The lowest BCUT2D eigenvalue weighted by atomic mass is 9.96. The maximum Gasteiger partial charge on any atom is 0.253 e. The molecule has 0 aliphatic carbocycles. The quantitative estimate of drug-likeness (QED) is 0.649. The van der Waals surface area contributed by atoms with Crippen molar-refractivity contribution in [3.8, 4) is 5.69 Å². The molecule has 1 fully saturated rings. The van der Waals surface area contributed by atoms with Crippen LogP contribution in [0.1, 0.15) is 30.1 Å². The second kappa shape index (κ2) is 10.6. The maximum absolute atomic E-state index is 12.8. The van der Waals surface area contributed by atoms with Crippen LogP contribution in [0, 0.1) is 5.92 Å². The van der Waals surface area contributed by atoms with Crippen molar-refractivity contribution >= 4 is 41.8 Å². The molecule has 5 nitrogen and oxygen atoms in total. The van der Waals surface area contributed by atoms with Gasteiger partial charge in [0.1, 0.15) is 6.33 Å². The van der Waals surface area contributed by atoms with Gasteiger partial charge in [-0.1, -0.05) is 19.1 Å². The number of benzene rings is 2. The number of para-hydroxylation sites is 2. The van der Waals surface area contributed by atoms with Crippen molar-refractivity contribution in [2.75, 3.05) is 26.2 Å². The molecule has 29 heavy (non-hydrogen) atoms. The summed E-state index contributed by atoms with van der Waals surface area (Å²) in [5, 5.41) is 3.42. The van der Waals surface area contributed by atoms with Crippen LogP contribution in [0.2, 0.25) is 0 Å². The van der Waals surface area contributed by atoms with Crippen LogP contribution in [0.15, 0.2) is 54.9 Å². The molecule has 0 unspecified atom stereocenters. The number of nitrogens with one attached hydrogen (secondary N) is 1. The molecule has 1 saturated heterocycles. The standard InChI is InChI=1S/C22H26N4O.2ClH/c1-2-23-15-17-11-13-25(14-12-17)22(27)18-7-9-19(10-8-18)26-16-24-20-5-3-4-6-21(20)26;;/h3-10,16-17,23H,2,11-15H2,1H3;2*1H. The van der Waals surface area contributed by atoms with E-state index in [9.17, 15) is 4.79 Å². The van der Waals surface area contributed by atoms with Crippen molar-refractivity contribution in [2.45, 2.75) is 19.8 Å². The summed E-state index contributed by atoms with van der Waals surface area (Å²) in [6.45, 7) is 5.91. The highest BCUT2D eigenvalue weighted by Crippen LogP contribution is 2.21. The highest BCUT2D eigenvalue weighted by molar-refractivity contribution is 5.94. The maximum atomic E-state index is 12.8. The molecule has 0 saturated carbocycles. The third kappa shape index (κ3) is 5.10. The zero-order valence-electron chi connectivity index (χ0n) is 16.6. The number of aromatic nitrogens is 2. The second-order valence-electron chi connectivity index (χ2n) is 7.19. The fourth-order valence-corrected chi connectivity index (χ4v) is 3.80. The van der Waals surface area contributed by atoms with Gasteiger partial charge in [0.15, 0.2) is 0 Å². The van der Waals surface area contributed by atoms with Crippen molar-refractivity contribution in [2.24, 2.45) is 5.92 Å². The largest absolute Gasteiger partial charge is 0.339 e. The van der Waals surface area contributed by atoms with E-state index >= 15 is 0 Å². The second-order valence-corrected chi connectivity index (χ2v) is 7.19. The summed E-state index contributed by atoms with van der Waals surface area (Å²) in [5.74, 6) is 0.824. The van der Waals surface area contributed by atoms with Gasteiger partial charge in [0.05, 0.1) is 11.0 Å². The Morgan fingerprint density at radius 3 is 2.45 bits per heavy atom. The molecule has 7 heteroatoms. The van der Waals surface area contributed by atoms with Crippen LogP contribution in [0.4, 0.5) is 0 Å². The van der Waals surface area contributed by atoms with Gasteiger partial charge < -0.3 is 10.2 Å². The number of rotatable bonds is 5. The summed E-state index contributed by atoms with van der Waals surface area (Å²) in [6.07, 6.45) is 3.99. The van der Waals surface area contributed by atoms with Crippen LogP contribution in [0.3, 0.4) is 0 Å². The molecule has 156 valence electrons. The number of hydrogen-bond acceptors (Lipinski definition) is 3. The molecule has 0 spiro atoms. The molecular formula is C22H28Cl2N4O. The van der Waals surface area contributed by atoms with Crippen molar-refractivity contribution in [1.82, 2.24) is 19.8 Å². The van der Waals surface area contributed by atoms with Crippen molar-refractivity contribution in [3.63, 3.8) is 0 Å². The molecule has 0 atom stereocenters. The molecule has 1 amide bonds. The Morgan fingerprint density at radius 2 is 1.76 bits per heavy atom.